The van der Waals surface area contributed by atoms with Crippen molar-refractivity contribution in [2.45, 2.75) is 13.8 Å². The molecule has 0 unspecified atom stereocenters. The van der Waals surface area contributed by atoms with Crippen molar-refractivity contribution >= 4 is 23.2 Å². The van der Waals surface area contributed by atoms with E-state index in [2.05, 4.69) is 21.0 Å². The molecule has 0 radical (unpaired) electrons. The Hall–Kier alpha value is -4.73. The van der Waals surface area contributed by atoms with Crippen LogP contribution < -0.4 is 40.5 Å². The zero-order valence-electron chi connectivity index (χ0n) is 22.8. The van der Waals surface area contributed by atoms with Crippen LogP contribution in [0.2, 0.25) is 0 Å². The van der Waals surface area contributed by atoms with Crippen LogP contribution in [0.15, 0.2) is 69.5 Å². The normalized spacial score (nSPS) is 10.9. The van der Waals surface area contributed by atoms with Crippen molar-refractivity contribution in [2.75, 3.05) is 39.1 Å². The standard InChI is InChI=1S/2C12H15N3O5.Ni/c2*1-7(14-17)11(15-18)12(16)13-9-5-4-8(19-2)6-10(9)20-3;/h2*4-6,14,17H,1-3H3,(H,13,16);/b2*11-7-;. The minimum atomic E-state index is -0.775. The predicted octanol–water partition coefficient (Wildman–Crippen LogP) is 3.24. The van der Waals surface area contributed by atoms with Crippen molar-refractivity contribution in [2.24, 2.45) is 10.4 Å². The minimum Gasteiger partial charge on any atom is -0.497 e. The SMILES string of the molecule is COc1ccc(NC(=O)/C(N=O)=C(\C)NO)c(OC)c1.COc1ccc(NC(=O)/C(N=O)=C(\C)NO)c(OC)c1.[Ni]. The number of nitroso groups, excluding NO2 is 2. The molecule has 16 nitrogen and oxygen atoms in total. The molecule has 226 valence electrons. The molecule has 2 rings (SSSR count). The summed E-state index contributed by atoms with van der Waals surface area (Å²) in [6.45, 7) is 2.67. The second-order valence-corrected chi connectivity index (χ2v) is 7.39. The van der Waals surface area contributed by atoms with Gasteiger partial charge in [0.15, 0.2) is 11.4 Å². The molecule has 6 N–H and O–H groups in total. The van der Waals surface area contributed by atoms with E-state index in [9.17, 15) is 19.4 Å². The van der Waals surface area contributed by atoms with Gasteiger partial charge in [0.1, 0.15) is 23.0 Å². The summed E-state index contributed by atoms with van der Waals surface area (Å²) >= 11 is 0. The monoisotopic (exact) mass is 620 g/mol. The average molecular weight is 621 g/mol. The Balaban J connectivity index is 0.000000762. The van der Waals surface area contributed by atoms with Gasteiger partial charge >= 0.3 is 0 Å². The van der Waals surface area contributed by atoms with Gasteiger partial charge in [0.2, 0.25) is 0 Å². The molecular weight excluding hydrogens is 591 g/mol. The van der Waals surface area contributed by atoms with Crippen molar-refractivity contribution in [3.05, 3.63) is 69.0 Å². The largest absolute Gasteiger partial charge is 0.497 e. The predicted molar refractivity (Wildman–Crippen MR) is 143 cm³/mol. The molecule has 0 aromatic heterocycles. The number of anilines is 2. The Bertz CT molecular complexity index is 1190. The van der Waals surface area contributed by atoms with Crippen LogP contribution in [0.25, 0.3) is 0 Å². The molecule has 0 aliphatic heterocycles. The first-order chi connectivity index (χ1) is 19.1. The molecule has 0 aliphatic carbocycles. The number of amides is 2. The molecule has 0 saturated carbocycles. The van der Waals surface area contributed by atoms with E-state index in [1.54, 1.807) is 47.4 Å². The maximum absolute atomic E-state index is 11.9. The van der Waals surface area contributed by atoms with E-state index >= 15 is 0 Å². The van der Waals surface area contributed by atoms with E-state index in [1.165, 1.54) is 42.3 Å². The molecule has 0 aliphatic rings. The number of hydrogen-bond donors (Lipinski definition) is 6. The van der Waals surface area contributed by atoms with Crippen LogP contribution in [-0.2, 0) is 26.1 Å². The summed E-state index contributed by atoms with van der Waals surface area (Å²) in [5, 5.41) is 27.4. The van der Waals surface area contributed by atoms with Crippen LogP contribution in [0.4, 0.5) is 11.4 Å². The maximum atomic E-state index is 11.9. The van der Waals surface area contributed by atoms with Crippen LogP contribution in [-0.4, -0.2) is 50.7 Å². The number of nitrogens with one attached hydrogen (secondary N) is 4. The van der Waals surface area contributed by atoms with Crippen molar-refractivity contribution in [3.8, 4) is 23.0 Å². The van der Waals surface area contributed by atoms with E-state index in [4.69, 9.17) is 29.4 Å². The van der Waals surface area contributed by atoms with Gasteiger partial charge in [-0.3, -0.25) is 31.0 Å². The number of hydrogen-bond acceptors (Lipinski definition) is 14. The summed E-state index contributed by atoms with van der Waals surface area (Å²) in [6.07, 6.45) is 0. The van der Waals surface area contributed by atoms with E-state index < -0.39 is 23.2 Å². The molecule has 0 heterocycles. The number of benzene rings is 2. The van der Waals surface area contributed by atoms with Gasteiger partial charge in [-0.1, -0.05) is 0 Å². The Morgan fingerprint density at radius 2 is 1.00 bits per heavy atom. The third kappa shape index (κ3) is 10.4. The second-order valence-electron chi connectivity index (χ2n) is 7.39. The Labute approximate surface area is 244 Å². The number of carbonyl (C=O) groups is 2. The summed E-state index contributed by atoms with van der Waals surface area (Å²) in [6, 6.07) is 9.49. The quantitative estimate of drug-likeness (QED) is 0.0871. The molecule has 0 atom stereocenters. The Kier molecular flexibility index (Phi) is 16.4. The van der Waals surface area contributed by atoms with E-state index in [-0.39, 0.29) is 27.9 Å². The third-order valence-corrected chi connectivity index (χ3v) is 4.97. The van der Waals surface area contributed by atoms with Gasteiger partial charge < -0.3 is 29.6 Å². The van der Waals surface area contributed by atoms with Gasteiger partial charge in [0, 0.05) is 28.6 Å². The minimum absolute atomic E-state index is 0. The first-order valence-electron chi connectivity index (χ1n) is 11.1. The van der Waals surface area contributed by atoms with Gasteiger partial charge in [-0.25, -0.2) is 0 Å². The molecule has 2 aromatic rings. The zero-order valence-corrected chi connectivity index (χ0v) is 23.8. The van der Waals surface area contributed by atoms with Crippen molar-refractivity contribution < 1.29 is 55.4 Å². The van der Waals surface area contributed by atoms with Gasteiger partial charge in [0.25, 0.3) is 11.8 Å². The van der Waals surface area contributed by atoms with E-state index in [0.29, 0.717) is 34.4 Å². The smallest absolute Gasteiger partial charge is 0.279 e. The summed E-state index contributed by atoms with van der Waals surface area (Å²) < 4.78 is 20.3. The molecule has 0 spiro atoms. The molecule has 41 heavy (non-hydrogen) atoms. The van der Waals surface area contributed by atoms with Crippen molar-refractivity contribution in [1.82, 2.24) is 11.0 Å². The second kappa shape index (κ2) is 18.5. The number of hydroxylamine groups is 2. The zero-order chi connectivity index (χ0) is 30.2. The average Bonchev–Trinajstić information content (AvgIpc) is 2.98. The number of methoxy groups -OCH3 is 4. The molecule has 0 bridgehead atoms. The fraction of sp³-hybridized carbons (Fsp3) is 0.250. The summed E-state index contributed by atoms with van der Waals surface area (Å²) in [5.41, 5.74) is 3.02. The van der Waals surface area contributed by atoms with Gasteiger partial charge in [-0.05, 0) is 48.5 Å². The fourth-order valence-corrected chi connectivity index (χ4v) is 2.83. The molecule has 2 aromatic carbocycles. The van der Waals surface area contributed by atoms with Gasteiger partial charge in [-0.15, -0.1) is 9.81 Å². The van der Waals surface area contributed by atoms with E-state index in [1.807, 2.05) is 0 Å². The molecule has 2 amide bonds. The molecular formula is C24H30N6NiO10. The van der Waals surface area contributed by atoms with Crippen molar-refractivity contribution in [1.29, 1.82) is 0 Å². The Morgan fingerprint density at radius 3 is 1.24 bits per heavy atom. The van der Waals surface area contributed by atoms with Crippen LogP contribution in [0.3, 0.4) is 0 Å². The van der Waals surface area contributed by atoms with Crippen LogP contribution in [0.1, 0.15) is 13.8 Å². The number of ether oxygens (including phenoxy) is 4. The summed E-state index contributed by atoms with van der Waals surface area (Å²) in [5.74, 6) is 0.273. The summed E-state index contributed by atoms with van der Waals surface area (Å²) in [4.78, 5) is 45.0. The number of carbonyl (C=O) groups excluding carboxylic acids is 2. The number of allylic oxidation sites excluding steroid dienone is 2. The molecule has 0 fully saturated rings. The molecule has 0 saturated heterocycles. The van der Waals surface area contributed by atoms with Crippen LogP contribution >= 0.6 is 0 Å². The number of nitrogens with zero attached hydrogens (tertiary/aromatic N) is 2. The van der Waals surface area contributed by atoms with E-state index in [0.717, 1.165) is 0 Å². The maximum Gasteiger partial charge on any atom is 0.279 e. The first kappa shape index (κ1) is 36.3. The summed E-state index contributed by atoms with van der Waals surface area (Å²) in [7, 11) is 5.86. The Morgan fingerprint density at radius 1 is 0.659 bits per heavy atom. The van der Waals surface area contributed by atoms with Crippen LogP contribution in [0, 0.1) is 9.81 Å². The number of rotatable bonds is 12. The van der Waals surface area contributed by atoms with Gasteiger partial charge in [-0.2, -0.15) is 0 Å². The third-order valence-electron chi connectivity index (χ3n) is 4.97. The first-order valence-corrected chi connectivity index (χ1v) is 11.1. The fourth-order valence-electron chi connectivity index (χ4n) is 2.83. The van der Waals surface area contributed by atoms with Crippen molar-refractivity contribution in [3.63, 3.8) is 0 Å². The topological polar surface area (TPSA) is 218 Å². The van der Waals surface area contributed by atoms with Gasteiger partial charge in [0.05, 0.1) is 51.2 Å². The molecule has 17 heteroatoms. The van der Waals surface area contributed by atoms with Crippen LogP contribution in [0.5, 0.6) is 23.0 Å².